The SMILES string of the molecule is CC(=O)CSc1ccccc1[N+](=O)O. The first-order chi connectivity index (χ1) is 6.61. The topological polar surface area (TPSA) is 57.4 Å². The van der Waals surface area contributed by atoms with Gasteiger partial charge in [-0.15, -0.1) is 11.8 Å². The van der Waals surface area contributed by atoms with E-state index in [2.05, 4.69) is 0 Å². The molecule has 14 heavy (non-hydrogen) atoms. The van der Waals surface area contributed by atoms with Gasteiger partial charge in [-0.25, -0.2) is 5.21 Å². The number of para-hydroxylation sites is 1. The zero-order chi connectivity index (χ0) is 10.6. The van der Waals surface area contributed by atoms with Crippen molar-refractivity contribution in [2.75, 3.05) is 5.75 Å². The van der Waals surface area contributed by atoms with Crippen molar-refractivity contribution in [1.29, 1.82) is 0 Å². The van der Waals surface area contributed by atoms with Crippen LogP contribution in [0.5, 0.6) is 0 Å². The van der Waals surface area contributed by atoms with Crippen LogP contribution in [0, 0.1) is 4.91 Å². The second-order valence-electron chi connectivity index (χ2n) is 2.73. The van der Waals surface area contributed by atoms with Gasteiger partial charge >= 0.3 is 5.69 Å². The normalized spacial score (nSPS) is 9.79. The van der Waals surface area contributed by atoms with E-state index >= 15 is 0 Å². The summed E-state index contributed by atoms with van der Waals surface area (Å²) in [5, 5.41) is 8.75. The third-order valence-electron chi connectivity index (χ3n) is 1.50. The van der Waals surface area contributed by atoms with Crippen molar-refractivity contribution in [3.63, 3.8) is 0 Å². The van der Waals surface area contributed by atoms with E-state index in [9.17, 15) is 9.70 Å². The van der Waals surface area contributed by atoms with Crippen LogP contribution >= 0.6 is 11.8 Å². The van der Waals surface area contributed by atoms with E-state index in [-0.39, 0.29) is 16.4 Å². The molecule has 1 rings (SSSR count). The number of Topliss-reactive ketones (excluding diaryl/α,β-unsaturated/α-hetero) is 1. The molecule has 1 aromatic carbocycles. The van der Waals surface area contributed by atoms with Crippen molar-refractivity contribution < 1.29 is 14.9 Å². The first kappa shape index (κ1) is 10.7. The Kier molecular flexibility index (Phi) is 3.64. The van der Waals surface area contributed by atoms with E-state index in [1.54, 1.807) is 18.2 Å². The second-order valence-corrected chi connectivity index (χ2v) is 3.75. The summed E-state index contributed by atoms with van der Waals surface area (Å²) < 4.78 is 0. The molecular formula is C9H10NO3S+. The van der Waals surface area contributed by atoms with Gasteiger partial charge in [0.05, 0.1) is 15.6 Å². The molecule has 0 unspecified atom stereocenters. The minimum atomic E-state index is -0.192. The second kappa shape index (κ2) is 4.76. The maximum absolute atomic E-state index is 10.7. The van der Waals surface area contributed by atoms with E-state index < -0.39 is 0 Å². The summed E-state index contributed by atoms with van der Waals surface area (Å²) in [7, 11) is 0. The number of rotatable bonds is 4. The largest absolute Gasteiger partial charge is 0.329 e. The van der Waals surface area contributed by atoms with Gasteiger partial charge in [-0.1, -0.05) is 12.1 Å². The molecule has 0 aromatic heterocycles. The molecule has 0 aliphatic rings. The number of hydrogen-bond acceptors (Lipinski definition) is 3. The first-order valence-electron chi connectivity index (χ1n) is 3.98. The maximum atomic E-state index is 10.7. The van der Waals surface area contributed by atoms with Gasteiger partial charge in [0.25, 0.3) is 4.92 Å². The molecule has 0 radical (unpaired) electrons. The number of nitrogens with zero attached hydrogens (tertiary/aromatic N) is 1. The Labute approximate surface area is 85.5 Å². The average molecular weight is 212 g/mol. The van der Waals surface area contributed by atoms with Crippen molar-refractivity contribution in [2.45, 2.75) is 11.8 Å². The van der Waals surface area contributed by atoms with Gasteiger partial charge in [-0.3, -0.25) is 4.79 Å². The number of hydrogen-bond donors (Lipinski definition) is 1. The molecule has 0 saturated carbocycles. The molecule has 0 fully saturated rings. The highest BCUT2D eigenvalue weighted by Crippen LogP contribution is 2.27. The molecule has 1 aromatic rings. The Morgan fingerprint density at radius 1 is 1.50 bits per heavy atom. The van der Waals surface area contributed by atoms with Gasteiger partial charge in [0.15, 0.2) is 0 Å². The Morgan fingerprint density at radius 3 is 2.71 bits per heavy atom. The first-order valence-corrected chi connectivity index (χ1v) is 4.97. The molecule has 0 aliphatic heterocycles. The molecule has 74 valence electrons. The highest BCUT2D eigenvalue weighted by molar-refractivity contribution is 8.00. The maximum Gasteiger partial charge on any atom is 0.329 e. The zero-order valence-corrected chi connectivity index (χ0v) is 8.45. The lowest BCUT2D eigenvalue weighted by Gasteiger charge is -1.97. The number of thioether (sulfide) groups is 1. The van der Waals surface area contributed by atoms with Gasteiger partial charge in [0.2, 0.25) is 0 Å². The lowest BCUT2D eigenvalue weighted by molar-refractivity contribution is -0.731. The van der Waals surface area contributed by atoms with Gasteiger partial charge in [-0.05, 0) is 13.0 Å². The van der Waals surface area contributed by atoms with Gasteiger partial charge < -0.3 is 0 Å². The fourth-order valence-electron chi connectivity index (χ4n) is 0.917. The molecule has 0 atom stereocenters. The number of carbonyl (C=O) groups is 1. The van der Waals surface area contributed by atoms with Crippen molar-refractivity contribution in [1.82, 2.24) is 0 Å². The zero-order valence-electron chi connectivity index (χ0n) is 7.64. The molecular weight excluding hydrogens is 202 g/mol. The minimum Gasteiger partial charge on any atom is -0.299 e. The van der Waals surface area contributed by atoms with Crippen molar-refractivity contribution in [3.05, 3.63) is 29.2 Å². The van der Waals surface area contributed by atoms with Gasteiger partial charge in [0.1, 0.15) is 5.78 Å². The van der Waals surface area contributed by atoms with Crippen LogP contribution in [-0.4, -0.2) is 21.7 Å². The number of ketones is 1. The van der Waals surface area contributed by atoms with Crippen LogP contribution in [0.1, 0.15) is 6.92 Å². The fourth-order valence-corrected chi connectivity index (χ4v) is 1.74. The van der Waals surface area contributed by atoms with E-state index in [1.807, 2.05) is 0 Å². The summed E-state index contributed by atoms with van der Waals surface area (Å²) in [6, 6.07) is 6.57. The Hall–Kier alpha value is -1.36. The third kappa shape index (κ3) is 2.85. The van der Waals surface area contributed by atoms with Gasteiger partial charge in [-0.2, -0.15) is 0 Å². The predicted octanol–water partition coefficient (Wildman–Crippen LogP) is 2.17. The van der Waals surface area contributed by atoms with Crippen molar-refractivity contribution in [3.8, 4) is 0 Å². The highest BCUT2D eigenvalue weighted by Gasteiger charge is 2.17. The summed E-state index contributed by atoms with van der Waals surface area (Å²) in [5.41, 5.74) is 0.166. The standard InChI is InChI=1S/C9H10NO3S/c1-7(11)6-14-9-5-3-2-4-8(9)10(12)13/h2-5H,6H2,1H3,(H,12,13)/q+1. The van der Waals surface area contributed by atoms with Crippen molar-refractivity contribution in [2.24, 2.45) is 0 Å². The smallest absolute Gasteiger partial charge is 0.299 e. The van der Waals surface area contributed by atoms with Crippen LogP contribution in [0.25, 0.3) is 0 Å². The molecule has 0 heterocycles. The summed E-state index contributed by atoms with van der Waals surface area (Å²) in [5.74, 6) is 0.324. The Balaban J connectivity index is 2.84. The van der Waals surface area contributed by atoms with Crippen LogP contribution in [-0.2, 0) is 4.79 Å². The van der Waals surface area contributed by atoms with Crippen molar-refractivity contribution >= 4 is 23.2 Å². The molecule has 0 bridgehead atoms. The molecule has 0 amide bonds. The predicted molar refractivity (Wildman–Crippen MR) is 52.9 cm³/mol. The van der Waals surface area contributed by atoms with Crippen LogP contribution in [0.4, 0.5) is 5.69 Å². The molecule has 0 spiro atoms. The quantitative estimate of drug-likeness (QED) is 0.613. The van der Waals surface area contributed by atoms with E-state index in [0.717, 1.165) is 0 Å². The summed E-state index contributed by atoms with van der Waals surface area (Å²) in [6.45, 7) is 1.48. The lowest BCUT2D eigenvalue weighted by atomic mass is 10.3. The van der Waals surface area contributed by atoms with E-state index in [4.69, 9.17) is 5.21 Å². The van der Waals surface area contributed by atoms with Crippen LogP contribution in [0.15, 0.2) is 29.2 Å². The minimum absolute atomic E-state index is 0.0280. The van der Waals surface area contributed by atoms with Crippen LogP contribution in [0.3, 0.4) is 0 Å². The molecule has 5 heteroatoms. The van der Waals surface area contributed by atoms with E-state index in [0.29, 0.717) is 10.6 Å². The summed E-state index contributed by atoms with van der Waals surface area (Å²) in [4.78, 5) is 21.8. The van der Waals surface area contributed by atoms with Gasteiger partial charge in [0, 0.05) is 6.07 Å². The molecule has 0 saturated heterocycles. The van der Waals surface area contributed by atoms with Crippen LogP contribution < -0.4 is 0 Å². The Bertz CT molecular complexity index is 365. The molecule has 1 N–H and O–H groups in total. The Morgan fingerprint density at radius 2 is 2.14 bits per heavy atom. The van der Waals surface area contributed by atoms with E-state index in [1.165, 1.54) is 24.8 Å². The molecule has 0 aliphatic carbocycles. The third-order valence-corrected chi connectivity index (χ3v) is 2.71. The number of benzene rings is 1. The average Bonchev–Trinajstić information content (AvgIpc) is 2.15. The number of carbonyl (C=O) groups excluding carboxylic acids is 1. The van der Waals surface area contributed by atoms with Crippen LogP contribution in [0.2, 0.25) is 0 Å². The summed E-state index contributed by atoms with van der Waals surface area (Å²) >= 11 is 1.23. The lowest BCUT2D eigenvalue weighted by Crippen LogP contribution is -1.97. The monoisotopic (exact) mass is 212 g/mol. The fraction of sp³-hybridized carbons (Fsp3) is 0.222. The highest BCUT2D eigenvalue weighted by atomic mass is 32.2. The summed E-state index contributed by atoms with van der Waals surface area (Å²) in [6.07, 6.45) is 0. The molecule has 4 nitrogen and oxygen atoms in total.